The fourth-order valence-electron chi connectivity index (χ4n) is 1.56. The van der Waals surface area contributed by atoms with Gasteiger partial charge >= 0.3 is 0 Å². The lowest BCUT2D eigenvalue weighted by Gasteiger charge is -2.13. The number of carbonyl (C=O) groups is 1. The molecular weight excluding hydrogens is 280 g/mol. The first-order valence-electron chi connectivity index (χ1n) is 5.96. The molecule has 0 saturated heterocycles. The first-order chi connectivity index (χ1) is 9.62. The van der Waals surface area contributed by atoms with Gasteiger partial charge in [-0.25, -0.2) is 0 Å². The molecule has 0 aliphatic heterocycles. The van der Waals surface area contributed by atoms with Crippen molar-refractivity contribution in [2.24, 2.45) is 0 Å². The summed E-state index contributed by atoms with van der Waals surface area (Å²) in [5.74, 6) is 2.80. The van der Waals surface area contributed by atoms with Gasteiger partial charge in [0.15, 0.2) is 18.1 Å². The van der Waals surface area contributed by atoms with Crippen LogP contribution in [0.1, 0.15) is 5.56 Å². The summed E-state index contributed by atoms with van der Waals surface area (Å²) in [7, 11) is 3.35. The van der Waals surface area contributed by atoms with E-state index in [0.29, 0.717) is 23.1 Å². The molecule has 2 N–H and O–H groups in total. The number of benzene rings is 1. The lowest BCUT2D eigenvalue weighted by Crippen LogP contribution is -2.29. The van der Waals surface area contributed by atoms with Gasteiger partial charge in [0.2, 0.25) is 0 Å². The van der Waals surface area contributed by atoms with Crippen molar-refractivity contribution in [2.75, 3.05) is 27.3 Å². The second kappa shape index (κ2) is 8.31. The van der Waals surface area contributed by atoms with E-state index in [1.165, 1.54) is 7.11 Å². The maximum absolute atomic E-state index is 11.4. The molecule has 108 valence electrons. The highest BCUT2D eigenvalue weighted by Crippen LogP contribution is 2.36. The van der Waals surface area contributed by atoms with Crippen molar-refractivity contribution in [3.8, 4) is 23.8 Å². The Morgan fingerprint density at radius 1 is 1.50 bits per heavy atom. The van der Waals surface area contributed by atoms with E-state index in [1.54, 1.807) is 12.1 Å². The summed E-state index contributed by atoms with van der Waals surface area (Å²) in [4.78, 5) is 11.4. The van der Waals surface area contributed by atoms with Crippen LogP contribution in [0, 0.1) is 12.3 Å². The van der Waals surface area contributed by atoms with E-state index in [9.17, 15) is 4.79 Å². The van der Waals surface area contributed by atoms with Crippen LogP contribution in [0.4, 0.5) is 0 Å². The zero-order valence-electron chi connectivity index (χ0n) is 11.5. The third kappa shape index (κ3) is 4.65. The Bertz CT molecular complexity index is 512. The summed E-state index contributed by atoms with van der Waals surface area (Å²) >= 11 is 6.14. The van der Waals surface area contributed by atoms with E-state index in [4.69, 9.17) is 27.5 Å². The van der Waals surface area contributed by atoms with Crippen LogP contribution >= 0.6 is 11.6 Å². The van der Waals surface area contributed by atoms with Crippen molar-refractivity contribution < 1.29 is 14.3 Å². The minimum absolute atomic E-state index is 0.161. The molecule has 0 atom stereocenters. The zero-order chi connectivity index (χ0) is 15.0. The Kier molecular flexibility index (Phi) is 6.71. The second-order valence-corrected chi connectivity index (χ2v) is 4.32. The van der Waals surface area contributed by atoms with E-state index in [1.807, 2.05) is 7.05 Å². The number of halogens is 1. The third-order valence-corrected chi connectivity index (χ3v) is 2.69. The van der Waals surface area contributed by atoms with E-state index in [2.05, 4.69) is 16.6 Å². The molecule has 1 aromatic rings. The third-order valence-electron chi connectivity index (χ3n) is 2.41. The van der Waals surface area contributed by atoms with E-state index >= 15 is 0 Å². The Hall–Kier alpha value is -1.90. The molecular formula is C14H17ClN2O3. The number of hydrogen-bond acceptors (Lipinski definition) is 4. The fourth-order valence-corrected chi connectivity index (χ4v) is 1.85. The van der Waals surface area contributed by atoms with Gasteiger partial charge in [0.25, 0.3) is 5.91 Å². The average Bonchev–Trinajstić information content (AvgIpc) is 2.43. The van der Waals surface area contributed by atoms with E-state index in [0.717, 1.165) is 5.56 Å². The number of rotatable bonds is 7. The second-order valence-electron chi connectivity index (χ2n) is 3.91. The summed E-state index contributed by atoms with van der Waals surface area (Å²) in [6, 6.07) is 3.56. The molecule has 6 heteroatoms. The highest BCUT2D eigenvalue weighted by molar-refractivity contribution is 6.32. The summed E-state index contributed by atoms with van der Waals surface area (Å²) in [6.45, 7) is 0.635. The predicted molar refractivity (Wildman–Crippen MR) is 78.1 cm³/mol. The molecule has 0 aliphatic rings. The molecule has 0 spiro atoms. The highest BCUT2D eigenvalue weighted by Gasteiger charge is 2.13. The molecule has 0 radical (unpaired) electrons. The normalized spacial score (nSPS) is 9.70. The fraction of sp³-hybridized carbons (Fsp3) is 0.357. The topological polar surface area (TPSA) is 59.6 Å². The number of hydrogen-bond donors (Lipinski definition) is 2. The summed E-state index contributed by atoms with van der Waals surface area (Å²) < 4.78 is 10.6. The van der Waals surface area contributed by atoms with Crippen molar-refractivity contribution in [3.05, 3.63) is 22.7 Å². The van der Waals surface area contributed by atoms with Crippen LogP contribution in [0.5, 0.6) is 11.5 Å². The van der Waals surface area contributed by atoms with Gasteiger partial charge in [-0.05, 0) is 24.7 Å². The van der Waals surface area contributed by atoms with Gasteiger partial charge in [0, 0.05) is 6.54 Å². The first-order valence-corrected chi connectivity index (χ1v) is 6.34. The monoisotopic (exact) mass is 296 g/mol. The largest absolute Gasteiger partial charge is 0.493 e. The number of ether oxygens (including phenoxy) is 2. The number of nitrogens with one attached hydrogen (secondary N) is 2. The van der Waals surface area contributed by atoms with Crippen molar-refractivity contribution in [1.82, 2.24) is 10.6 Å². The molecule has 0 fully saturated rings. The number of terminal acetylenes is 1. The predicted octanol–water partition coefficient (Wildman–Crippen LogP) is 1.20. The highest BCUT2D eigenvalue weighted by atomic mass is 35.5. The molecule has 0 saturated carbocycles. The molecule has 1 rings (SSSR count). The number of carbonyl (C=O) groups excluding carboxylic acids is 1. The van der Waals surface area contributed by atoms with Crippen molar-refractivity contribution in [2.45, 2.75) is 6.54 Å². The van der Waals surface area contributed by atoms with Gasteiger partial charge in [0.1, 0.15) is 0 Å². The Morgan fingerprint density at radius 2 is 2.25 bits per heavy atom. The molecule has 0 aliphatic carbocycles. The number of amides is 1. The van der Waals surface area contributed by atoms with E-state index < -0.39 is 0 Å². The van der Waals surface area contributed by atoms with Gasteiger partial charge in [-0.3, -0.25) is 4.79 Å². The van der Waals surface area contributed by atoms with Crippen LogP contribution in [0.15, 0.2) is 12.1 Å². The number of methoxy groups -OCH3 is 1. The summed E-state index contributed by atoms with van der Waals surface area (Å²) in [5, 5.41) is 5.90. The minimum atomic E-state index is -0.319. The Morgan fingerprint density at radius 3 is 2.85 bits per heavy atom. The van der Waals surface area contributed by atoms with Crippen LogP contribution in [-0.4, -0.2) is 33.2 Å². The Labute approximate surface area is 123 Å². The van der Waals surface area contributed by atoms with E-state index in [-0.39, 0.29) is 19.1 Å². The maximum atomic E-state index is 11.4. The molecule has 1 aromatic carbocycles. The van der Waals surface area contributed by atoms with Crippen LogP contribution in [0.25, 0.3) is 0 Å². The van der Waals surface area contributed by atoms with Crippen LogP contribution in [0.3, 0.4) is 0 Å². The van der Waals surface area contributed by atoms with Crippen molar-refractivity contribution >= 4 is 17.5 Å². The van der Waals surface area contributed by atoms with Gasteiger partial charge < -0.3 is 20.1 Å². The molecule has 5 nitrogen and oxygen atoms in total. The van der Waals surface area contributed by atoms with Crippen molar-refractivity contribution in [3.63, 3.8) is 0 Å². The summed E-state index contributed by atoms with van der Waals surface area (Å²) in [5.41, 5.74) is 0.957. The van der Waals surface area contributed by atoms with Crippen molar-refractivity contribution in [1.29, 1.82) is 0 Å². The molecule has 0 aromatic heterocycles. The molecule has 1 amide bonds. The molecule has 20 heavy (non-hydrogen) atoms. The lowest BCUT2D eigenvalue weighted by atomic mass is 10.2. The standard InChI is InChI=1S/C14H17ClN2O3/c1-4-5-17-13(18)9-20-14-11(15)6-10(8-16-2)7-12(14)19-3/h1,6-7,16H,5,8-9H2,2-3H3,(H,17,18). The van der Waals surface area contributed by atoms with Crippen LogP contribution in [-0.2, 0) is 11.3 Å². The zero-order valence-corrected chi connectivity index (χ0v) is 12.2. The van der Waals surface area contributed by atoms with Crippen LogP contribution in [0.2, 0.25) is 5.02 Å². The quantitative estimate of drug-likeness (QED) is 0.742. The lowest BCUT2D eigenvalue weighted by molar-refractivity contribution is -0.122. The SMILES string of the molecule is C#CCNC(=O)COc1c(Cl)cc(CNC)cc1OC. The van der Waals surface area contributed by atoms with Gasteiger partial charge in [-0.2, -0.15) is 0 Å². The van der Waals surface area contributed by atoms with Gasteiger partial charge in [-0.1, -0.05) is 17.5 Å². The molecule has 0 unspecified atom stereocenters. The maximum Gasteiger partial charge on any atom is 0.258 e. The molecule has 0 heterocycles. The van der Waals surface area contributed by atoms with Gasteiger partial charge in [-0.15, -0.1) is 6.42 Å². The van der Waals surface area contributed by atoms with Crippen LogP contribution < -0.4 is 20.1 Å². The van der Waals surface area contributed by atoms with Gasteiger partial charge in [0.05, 0.1) is 18.7 Å². The first kappa shape index (κ1) is 16.2. The summed E-state index contributed by atoms with van der Waals surface area (Å²) in [6.07, 6.45) is 5.05. The Balaban J connectivity index is 2.79. The minimum Gasteiger partial charge on any atom is -0.493 e. The average molecular weight is 297 g/mol. The molecule has 0 bridgehead atoms. The smallest absolute Gasteiger partial charge is 0.258 e.